The van der Waals surface area contributed by atoms with Gasteiger partial charge in [0.25, 0.3) is 0 Å². The van der Waals surface area contributed by atoms with Crippen molar-refractivity contribution >= 4 is 17.2 Å². The summed E-state index contributed by atoms with van der Waals surface area (Å²) in [5.41, 5.74) is 5.52. The molecule has 24 heavy (non-hydrogen) atoms. The fourth-order valence-corrected chi connectivity index (χ4v) is 3.13. The number of carbonyl (C=O) groups excluding carboxylic acids is 1. The van der Waals surface area contributed by atoms with Crippen molar-refractivity contribution in [1.82, 2.24) is 4.57 Å². The molecular formula is C22H17NO. The number of benzene rings is 3. The van der Waals surface area contributed by atoms with E-state index in [4.69, 9.17) is 0 Å². The van der Waals surface area contributed by atoms with Crippen molar-refractivity contribution in [3.63, 3.8) is 0 Å². The number of rotatable bonds is 4. The minimum absolute atomic E-state index is 0.701. The van der Waals surface area contributed by atoms with E-state index in [0.717, 1.165) is 18.4 Å². The largest absolute Gasteiger partial charge is 0.342 e. The maximum atomic E-state index is 10.9. The topological polar surface area (TPSA) is 22.0 Å². The Bertz CT molecular complexity index is 982. The van der Waals surface area contributed by atoms with Gasteiger partial charge in [-0.25, -0.2) is 0 Å². The summed E-state index contributed by atoms with van der Waals surface area (Å²) in [5, 5.41) is 1.23. The van der Waals surface area contributed by atoms with Gasteiger partial charge in [0.05, 0.1) is 0 Å². The van der Waals surface area contributed by atoms with Gasteiger partial charge < -0.3 is 4.57 Å². The molecule has 4 aromatic rings. The SMILES string of the molecule is O=Cc1ccc(-c2cn(Cc3ccccc3)c3ccccc23)cc1. The van der Waals surface area contributed by atoms with Gasteiger partial charge in [0.15, 0.2) is 0 Å². The van der Waals surface area contributed by atoms with Crippen LogP contribution in [0.15, 0.2) is 85.1 Å². The standard InChI is InChI=1S/C22H17NO/c24-16-18-10-12-19(13-11-18)21-15-23(14-17-6-2-1-3-7-17)22-9-5-4-8-20(21)22/h1-13,15-16H,14H2. The van der Waals surface area contributed by atoms with E-state index in [1.807, 2.05) is 30.3 Å². The predicted molar refractivity (Wildman–Crippen MR) is 98.3 cm³/mol. The van der Waals surface area contributed by atoms with Crippen LogP contribution in [-0.4, -0.2) is 10.9 Å². The highest BCUT2D eigenvalue weighted by Gasteiger charge is 2.10. The molecular weight excluding hydrogens is 294 g/mol. The van der Waals surface area contributed by atoms with Crippen LogP contribution in [0.2, 0.25) is 0 Å². The van der Waals surface area contributed by atoms with Crippen LogP contribution in [0.5, 0.6) is 0 Å². The van der Waals surface area contributed by atoms with Crippen LogP contribution in [-0.2, 0) is 6.54 Å². The third-order valence-electron chi connectivity index (χ3n) is 4.34. The second-order valence-electron chi connectivity index (χ2n) is 5.91. The van der Waals surface area contributed by atoms with Crippen LogP contribution in [0.3, 0.4) is 0 Å². The van der Waals surface area contributed by atoms with Crippen LogP contribution < -0.4 is 0 Å². The molecule has 0 amide bonds. The van der Waals surface area contributed by atoms with E-state index in [9.17, 15) is 4.79 Å². The average molecular weight is 311 g/mol. The molecule has 116 valence electrons. The van der Waals surface area contributed by atoms with E-state index in [0.29, 0.717) is 5.56 Å². The Morgan fingerprint density at radius 1 is 0.792 bits per heavy atom. The molecule has 0 aliphatic carbocycles. The van der Waals surface area contributed by atoms with Gasteiger partial charge in [-0.3, -0.25) is 4.79 Å². The molecule has 0 fully saturated rings. The average Bonchev–Trinajstić information content (AvgIpc) is 3.01. The molecule has 0 bridgehead atoms. The summed E-state index contributed by atoms with van der Waals surface area (Å²) in [6.45, 7) is 0.841. The Hall–Kier alpha value is -3.13. The Balaban J connectivity index is 1.82. The minimum Gasteiger partial charge on any atom is -0.342 e. The van der Waals surface area contributed by atoms with Crippen LogP contribution in [0.4, 0.5) is 0 Å². The molecule has 1 heterocycles. The maximum absolute atomic E-state index is 10.9. The van der Waals surface area contributed by atoms with Crippen molar-refractivity contribution in [1.29, 1.82) is 0 Å². The van der Waals surface area contributed by atoms with E-state index in [1.165, 1.54) is 22.0 Å². The Morgan fingerprint density at radius 2 is 1.50 bits per heavy atom. The third-order valence-corrected chi connectivity index (χ3v) is 4.34. The molecule has 0 radical (unpaired) electrons. The first kappa shape index (κ1) is 14.5. The predicted octanol–water partition coefficient (Wildman–Crippen LogP) is 5.17. The van der Waals surface area contributed by atoms with E-state index >= 15 is 0 Å². The van der Waals surface area contributed by atoms with E-state index < -0.39 is 0 Å². The van der Waals surface area contributed by atoms with E-state index in [-0.39, 0.29) is 0 Å². The van der Waals surface area contributed by atoms with Crippen molar-refractivity contribution in [3.05, 3.63) is 96.2 Å². The van der Waals surface area contributed by atoms with Crippen molar-refractivity contribution in [2.24, 2.45) is 0 Å². The van der Waals surface area contributed by atoms with Crippen molar-refractivity contribution < 1.29 is 4.79 Å². The first-order valence-corrected chi connectivity index (χ1v) is 8.02. The Kier molecular flexibility index (Phi) is 3.72. The smallest absolute Gasteiger partial charge is 0.150 e. The lowest BCUT2D eigenvalue weighted by atomic mass is 10.0. The Morgan fingerprint density at radius 3 is 2.25 bits per heavy atom. The molecule has 1 aromatic heterocycles. The highest BCUT2D eigenvalue weighted by Crippen LogP contribution is 2.31. The van der Waals surface area contributed by atoms with Gasteiger partial charge in [-0.2, -0.15) is 0 Å². The molecule has 0 spiro atoms. The second kappa shape index (κ2) is 6.17. The van der Waals surface area contributed by atoms with Crippen molar-refractivity contribution in [3.8, 4) is 11.1 Å². The monoisotopic (exact) mass is 311 g/mol. The number of aldehydes is 1. The number of aromatic nitrogens is 1. The number of carbonyl (C=O) groups is 1. The molecule has 2 heteroatoms. The molecule has 0 unspecified atom stereocenters. The van der Waals surface area contributed by atoms with Crippen LogP contribution in [0.1, 0.15) is 15.9 Å². The lowest BCUT2D eigenvalue weighted by Crippen LogP contribution is -1.97. The van der Waals surface area contributed by atoms with Gasteiger partial charge in [-0.15, -0.1) is 0 Å². The zero-order valence-electron chi connectivity index (χ0n) is 13.2. The normalized spacial score (nSPS) is 10.8. The minimum atomic E-state index is 0.701. The molecule has 0 saturated heterocycles. The number of nitrogens with zero attached hydrogens (tertiary/aromatic N) is 1. The summed E-state index contributed by atoms with van der Waals surface area (Å²) in [6.07, 6.45) is 3.08. The number of hydrogen-bond acceptors (Lipinski definition) is 1. The van der Waals surface area contributed by atoms with E-state index in [1.54, 1.807) is 0 Å². The zero-order chi connectivity index (χ0) is 16.4. The fourth-order valence-electron chi connectivity index (χ4n) is 3.13. The summed E-state index contributed by atoms with van der Waals surface area (Å²) in [7, 11) is 0. The lowest BCUT2D eigenvalue weighted by molar-refractivity contribution is 0.112. The first-order chi connectivity index (χ1) is 11.8. The lowest BCUT2D eigenvalue weighted by Gasteiger charge is -2.05. The van der Waals surface area contributed by atoms with Crippen molar-refractivity contribution in [2.75, 3.05) is 0 Å². The highest BCUT2D eigenvalue weighted by atomic mass is 16.1. The molecule has 0 aliphatic heterocycles. The third kappa shape index (κ3) is 2.63. The fraction of sp³-hybridized carbons (Fsp3) is 0.0455. The second-order valence-corrected chi connectivity index (χ2v) is 5.91. The van der Waals surface area contributed by atoms with Crippen LogP contribution in [0.25, 0.3) is 22.0 Å². The highest BCUT2D eigenvalue weighted by molar-refractivity contribution is 5.96. The molecule has 4 rings (SSSR count). The molecule has 0 N–H and O–H groups in total. The van der Waals surface area contributed by atoms with Gasteiger partial charge in [0.1, 0.15) is 6.29 Å². The summed E-state index contributed by atoms with van der Waals surface area (Å²) in [4.78, 5) is 10.9. The first-order valence-electron chi connectivity index (χ1n) is 8.02. The molecule has 0 atom stereocenters. The van der Waals surface area contributed by atoms with Crippen LogP contribution >= 0.6 is 0 Å². The van der Waals surface area contributed by atoms with Gasteiger partial charge in [0.2, 0.25) is 0 Å². The molecule has 0 aliphatic rings. The summed E-state index contributed by atoms with van der Waals surface area (Å²) in [5.74, 6) is 0. The van der Waals surface area contributed by atoms with Gasteiger partial charge in [0, 0.05) is 34.8 Å². The summed E-state index contributed by atoms with van der Waals surface area (Å²) in [6, 6.07) is 26.7. The van der Waals surface area contributed by atoms with Gasteiger partial charge in [-0.1, -0.05) is 72.8 Å². The zero-order valence-corrected chi connectivity index (χ0v) is 13.2. The number of fused-ring (bicyclic) bond motifs is 1. The number of para-hydroxylation sites is 1. The number of hydrogen-bond donors (Lipinski definition) is 0. The molecule has 3 aromatic carbocycles. The van der Waals surface area contributed by atoms with Gasteiger partial charge >= 0.3 is 0 Å². The maximum Gasteiger partial charge on any atom is 0.150 e. The van der Waals surface area contributed by atoms with E-state index in [2.05, 4.69) is 59.3 Å². The van der Waals surface area contributed by atoms with Crippen molar-refractivity contribution in [2.45, 2.75) is 6.54 Å². The van der Waals surface area contributed by atoms with Gasteiger partial charge in [-0.05, 0) is 17.2 Å². The summed E-state index contributed by atoms with van der Waals surface area (Å²) >= 11 is 0. The summed E-state index contributed by atoms with van der Waals surface area (Å²) < 4.78 is 2.29. The molecule has 2 nitrogen and oxygen atoms in total. The Labute approximate surface area is 141 Å². The van der Waals surface area contributed by atoms with Crippen LogP contribution in [0, 0.1) is 0 Å². The molecule has 0 saturated carbocycles. The quantitative estimate of drug-likeness (QED) is 0.477.